The molecule has 24 heavy (non-hydrogen) atoms. The minimum Gasteiger partial charge on any atom is -0.460 e. The number of hydrogen-bond donors (Lipinski definition) is 0. The number of benzene rings is 1. The summed E-state index contributed by atoms with van der Waals surface area (Å²) in [6, 6.07) is 11.2. The number of carbonyl (C=O) groups is 1. The number of cyclic esters (lactones) is 1. The first kappa shape index (κ1) is 19.4. The average molecular weight is 365 g/mol. The Kier molecular flexibility index (Phi) is 6.10. The van der Waals surface area contributed by atoms with Crippen LogP contribution in [0.5, 0.6) is 0 Å². The molecule has 1 aromatic rings. The van der Waals surface area contributed by atoms with E-state index < -0.39 is 16.1 Å². The normalized spacial score (nSPS) is 24.9. The fourth-order valence-electron chi connectivity index (χ4n) is 3.75. The maximum atomic E-state index is 12.5. The second-order valence-corrected chi connectivity index (χ2v) is 20.2. The van der Waals surface area contributed by atoms with E-state index in [1.807, 2.05) is 18.2 Å². The van der Waals surface area contributed by atoms with Crippen LogP contribution in [0.25, 0.3) is 0 Å². The third-order valence-electron chi connectivity index (χ3n) is 4.63. The average Bonchev–Trinajstić information content (AvgIpc) is 2.74. The largest absolute Gasteiger partial charge is 0.460 e. The highest BCUT2D eigenvalue weighted by Gasteiger charge is 2.51. The number of esters is 1. The van der Waals surface area contributed by atoms with E-state index in [-0.39, 0.29) is 18.0 Å². The lowest BCUT2D eigenvalue weighted by Gasteiger charge is -2.33. The molecule has 0 N–H and O–H groups in total. The summed E-state index contributed by atoms with van der Waals surface area (Å²) in [6.07, 6.45) is -0.0748. The van der Waals surface area contributed by atoms with Gasteiger partial charge in [-0.05, 0) is 11.6 Å². The highest BCUT2D eigenvalue weighted by molar-refractivity contribution is 6.79. The molecule has 1 fully saturated rings. The molecule has 2 rings (SSSR count). The van der Waals surface area contributed by atoms with Gasteiger partial charge in [-0.25, -0.2) is 0 Å². The van der Waals surface area contributed by atoms with Crippen LogP contribution in [0.4, 0.5) is 0 Å². The molecule has 1 aliphatic rings. The Morgan fingerprint density at radius 1 is 1.04 bits per heavy atom. The van der Waals surface area contributed by atoms with Gasteiger partial charge in [-0.15, -0.1) is 0 Å². The Hall–Kier alpha value is -0.916. The Bertz CT molecular complexity index is 546. The zero-order valence-corrected chi connectivity index (χ0v) is 18.0. The Morgan fingerprint density at radius 2 is 1.67 bits per heavy atom. The summed E-state index contributed by atoms with van der Waals surface area (Å²) < 4.78 is 11.7. The molecule has 3 atom stereocenters. The van der Waals surface area contributed by atoms with Crippen LogP contribution in [0.2, 0.25) is 50.9 Å². The quantitative estimate of drug-likeness (QED) is 0.515. The topological polar surface area (TPSA) is 35.5 Å². The zero-order chi connectivity index (χ0) is 18.0. The van der Waals surface area contributed by atoms with Crippen LogP contribution >= 0.6 is 0 Å². The van der Waals surface area contributed by atoms with Crippen molar-refractivity contribution < 1.29 is 14.3 Å². The van der Waals surface area contributed by atoms with Crippen LogP contribution in [-0.2, 0) is 20.9 Å². The molecule has 0 aliphatic carbocycles. The first-order valence-electron chi connectivity index (χ1n) is 8.90. The van der Waals surface area contributed by atoms with Gasteiger partial charge < -0.3 is 9.47 Å². The van der Waals surface area contributed by atoms with Crippen LogP contribution in [0, 0.1) is 5.92 Å². The molecule has 134 valence electrons. The van der Waals surface area contributed by atoms with Gasteiger partial charge in [-0.3, -0.25) is 4.79 Å². The zero-order valence-electron chi connectivity index (χ0n) is 16.0. The minimum absolute atomic E-state index is 0.0122. The van der Waals surface area contributed by atoms with Gasteiger partial charge in [0.05, 0.1) is 27.2 Å². The monoisotopic (exact) mass is 364 g/mol. The molecule has 0 amide bonds. The van der Waals surface area contributed by atoms with Crippen LogP contribution in [0.15, 0.2) is 30.3 Å². The van der Waals surface area contributed by atoms with Gasteiger partial charge in [0, 0.05) is 13.6 Å². The van der Waals surface area contributed by atoms with E-state index in [9.17, 15) is 4.79 Å². The van der Waals surface area contributed by atoms with Gasteiger partial charge in [0.25, 0.3) is 0 Å². The first-order valence-corrected chi connectivity index (χ1v) is 16.2. The lowest BCUT2D eigenvalue weighted by molar-refractivity contribution is -0.145. The van der Waals surface area contributed by atoms with E-state index >= 15 is 0 Å². The molecule has 0 unspecified atom stereocenters. The molecule has 0 aromatic heterocycles. The predicted molar refractivity (Wildman–Crippen MR) is 105 cm³/mol. The van der Waals surface area contributed by atoms with Crippen LogP contribution < -0.4 is 0 Å². The van der Waals surface area contributed by atoms with Crippen molar-refractivity contribution in [3.05, 3.63) is 35.9 Å². The summed E-state index contributed by atoms with van der Waals surface area (Å²) >= 11 is 0. The van der Waals surface area contributed by atoms with Gasteiger partial charge in [-0.2, -0.15) is 0 Å². The number of carbonyl (C=O) groups excluding carboxylic acids is 1. The van der Waals surface area contributed by atoms with Crippen LogP contribution in [0.3, 0.4) is 0 Å². The van der Waals surface area contributed by atoms with Crippen molar-refractivity contribution in [3.63, 3.8) is 0 Å². The maximum Gasteiger partial charge on any atom is 0.309 e. The van der Waals surface area contributed by atoms with Crippen molar-refractivity contribution in [3.8, 4) is 0 Å². The number of ether oxygens (including phenoxy) is 2. The molecule has 5 heteroatoms. The summed E-state index contributed by atoms with van der Waals surface area (Å²) in [5.41, 5.74) is 1.51. The molecule has 1 saturated heterocycles. The van der Waals surface area contributed by atoms with Gasteiger partial charge in [-0.1, -0.05) is 69.6 Å². The standard InChI is InChI=1S/C19H32O3Si2/c1-23(2,3)14-16-18(24(4,5)6)17(22-19(16)20)13-21-12-15-10-8-7-9-11-15/h7-11,16-18H,12-14H2,1-6H3/t16-,17-,18-/m0/s1. The molecule has 0 radical (unpaired) electrons. The van der Waals surface area contributed by atoms with Crippen LogP contribution in [0.1, 0.15) is 5.56 Å². The third kappa shape index (κ3) is 5.29. The predicted octanol–water partition coefficient (Wildman–Crippen LogP) is 4.79. The molecule has 3 nitrogen and oxygen atoms in total. The van der Waals surface area contributed by atoms with E-state index in [1.165, 1.54) is 0 Å². The van der Waals surface area contributed by atoms with E-state index in [1.54, 1.807) is 0 Å². The number of hydrogen-bond acceptors (Lipinski definition) is 3. The lowest BCUT2D eigenvalue weighted by Crippen LogP contribution is -2.41. The minimum atomic E-state index is -1.52. The highest BCUT2D eigenvalue weighted by Crippen LogP contribution is 2.45. The van der Waals surface area contributed by atoms with Gasteiger partial charge in [0.2, 0.25) is 0 Å². The van der Waals surface area contributed by atoms with Crippen molar-refractivity contribution in [1.82, 2.24) is 0 Å². The summed E-state index contributed by atoms with van der Waals surface area (Å²) in [5, 5.41) is 0. The van der Waals surface area contributed by atoms with Crippen molar-refractivity contribution in [2.24, 2.45) is 5.92 Å². The van der Waals surface area contributed by atoms with Gasteiger partial charge in [0.1, 0.15) is 6.10 Å². The maximum absolute atomic E-state index is 12.5. The third-order valence-corrected chi connectivity index (χ3v) is 9.07. The molecule has 0 spiro atoms. The lowest BCUT2D eigenvalue weighted by atomic mass is 10.1. The van der Waals surface area contributed by atoms with Crippen molar-refractivity contribution >= 4 is 22.1 Å². The second-order valence-electron chi connectivity index (χ2n) is 9.24. The molecule has 0 saturated carbocycles. The van der Waals surface area contributed by atoms with E-state index in [0.29, 0.717) is 18.8 Å². The second kappa shape index (κ2) is 7.54. The molecular weight excluding hydrogens is 332 g/mol. The van der Waals surface area contributed by atoms with E-state index in [0.717, 1.165) is 11.6 Å². The molecule has 0 bridgehead atoms. The molecule has 1 heterocycles. The molecular formula is C19H32O3Si2. The van der Waals surface area contributed by atoms with Crippen LogP contribution in [-0.4, -0.2) is 34.8 Å². The van der Waals surface area contributed by atoms with Crippen molar-refractivity contribution in [2.45, 2.75) is 63.6 Å². The van der Waals surface area contributed by atoms with E-state index in [4.69, 9.17) is 9.47 Å². The molecule has 1 aromatic carbocycles. The fourth-order valence-corrected chi connectivity index (χ4v) is 8.47. The van der Waals surface area contributed by atoms with Gasteiger partial charge in [0.15, 0.2) is 0 Å². The number of rotatable bonds is 7. The summed E-state index contributed by atoms with van der Waals surface area (Å²) in [7, 11) is -2.84. The van der Waals surface area contributed by atoms with Crippen molar-refractivity contribution in [1.29, 1.82) is 0 Å². The SMILES string of the molecule is C[Si](C)(C)C[C@@H]1C(=O)O[C@@H](COCc2ccccc2)[C@H]1[Si](C)(C)C. The van der Waals surface area contributed by atoms with Crippen molar-refractivity contribution in [2.75, 3.05) is 6.61 Å². The first-order chi connectivity index (χ1) is 11.1. The Morgan fingerprint density at radius 3 is 2.21 bits per heavy atom. The summed E-state index contributed by atoms with van der Waals surface area (Å²) in [6.45, 7) is 15.1. The van der Waals surface area contributed by atoms with Gasteiger partial charge >= 0.3 is 5.97 Å². The Balaban J connectivity index is 2.04. The smallest absolute Gasteiger partial charge is 0.309 e. The fraction of sp³-hybridized carbons (Fsp3) is 0.632. The van der Waals surface area contributed by atoms with E-state index in [2.05, 4.69) is 51.4 Å². The summed E-state index contributed by atoms with van der Waals surface area (Å²) in [5.74, 6) is 0.0896. The molecule has 1 aliphatic heterocycles. The summed E-state index contributed by atoms with van der Waals surface area (Å²) in [4.78, 5) is 12.5. The Labute approximate surface area is 148 Å². The highest BCUT2D eigenvalue weighted by atomic mass is 28.3.